The third-order valence-electron chi connectivity index (χ3n) is 4.25. The van der Waals surface area contributed by atoms with Gasteiger partial charge in [-0.25, -0.2) is 0 Å². The van der Waals surface area contributed by atoms with Crippen LogP contribution in [0.4, 0.5) is 0 Å². The van der Waals surface area contributed by atoms with Gasteiger partial charge < -0.3 is 9.52 Å². The normalized spacial score (nSPS) is 18.9. The zero-order valence-electron chi connectivity index (χ0n) is 12.1. The molecule has 0 aliphatic carbocycles. The van der Waals surface area contributed by atoms with Crippen LogP contribution in [0.5, 0.6) is 0 Å². The highest BCUT2D eigenvalue weighted by atomic mass is 16.4. The van der Waals surface area contributed by atoms with Crippen LogP contribution in [0, 0.1) is 5.41 Å². The second-order valence-corrected chi connectivity index (χ2v) is 5.58. The van der Waals surface area contributed by atoms with E-state index in [9.17, 15) is 9.90 Å². The summed E-state index contributed by atoms with van der Waals surface area (Å²) >= 11 is 0. The van der Waals surface area contributed by atoms with Gasteiger partial charge >= 0.3 is 5.97 Å². The molecule has 0 aromatic carbocycles. The Kier molecular flexibility index (Phi) is 4.65. The molecule has 4 nitrogen and oxygen atoms in total. The predicted molar refractivity (Wildman–Crippen MR) is 77.5 cm³/mol. The van der Waals surface area contributed by atoms with Gasteiger partial charge in [0.25, 0.3) is 0 Å². The van der Waals surface area contributed by atoms with Crippen molar-refractivity contribution in [3.05, 3.63) is 36.3 Å². The maximum Gasteiger partial charge on any atom is 0.310 e. The lowest BCUT2D eigenvalue weighted by Crippen LogP contribution is -2.43. The maximum atomic E-state index is 11.5. The molecule has 0 bridgehead atoms. The lowest BCUT2D eigenvalue weighted by molar-refractivity contribution is -0.152. The van der Waals surface area contributed by atoms with Crippen molar-refractivity contribution >= 4 is 5.97 Å². The molecule has 0 saturated carbocycles. The maximum absolute atomic E-state index is 11.5. The van der Waals surface area contributed by atoms with Gasteiger partial charge in [-0.05, 0) is 44.5 Å². The standard InChI is InChI=1S/C16H23NO3/c1-3-7-16(15(18)19)8-10-17(11-9-16)12-14-6-5-13(4-2)20-14/h3,5-6H,1,4,7-12H2,2H3,(H,18,19). The van der Waals surface area contributed by atoms with Crippen LogP contribution in [0.25, 0.3) is 0 Å². The van der Waals surface area contributed by atoms with Crippen molar-refractivity contribution in [2.45, 2.75) is 39.2 Å². The van der Waals surface area contributed by atoms with Gasteiger partial charge in [0.05, 0.1) is 12.0 Å². The molecule has 110 valence electrons. The van der Waals surface area contributed by atoms with Crippen LogP contribution in [-0.2, 0) is 17.8 Å². The molecule has 1 aliphatic heterocycles. The summed E-state index contributed by atoms with van der Waals surface area (Å²) < 4.78 is 5.71. The number of likely N-dealkylation sites (tertiary alicyclic amines) is 1. The van der Waals surface area contributed by atoms with Crippen LogP contribution in [0.1, 0.15) is 37.7 Å². The summed E-state index contributed by atoms with van der Waals surface area (Å²) in [4.78, 5) is 13.8. The predicted octanol–water partition coefficient (Wildman–Crippen LogP) is 3.08. The summed E-state index contributed by atoms with van der Waals surface area (Å²) in [5, 5.41) is 9.45. The molecule has 4 heteroatoms. The van der Waals surface area contributed by atoms with Gasteiger partial charge in [0.1, 0.15) is 11.5 Å². The molecular formula is C16H23NO3. The molecule has 0 atom stereocenters. The molecule has 1 aromatic heterocycles. The number of hydrogen-bond acceptors (Lipinski definition) is 3. The molecule has 1 aliphatic rings. The number of nitrogens with zero attached hydrogens (tertiary/aromatic N) is 1. The van der Waals surface area contributed by atoms with Crippen LogP contribution in [-0.4, -0.2) is 29.1 Å². The van der Waals surface area contributed by atoms with Crippen LogP contribution in [0.3, 0.4) is 0 Å². The van der Waals surface area contributed by atoms with E-state index in [1.54, 1.807) is 6.08 Å². The fraction of sp³-hybridized carbons (Fsp3) is 0.562. The molecule has 0 radical (unpaired) electrons. The smallest absolute Gasteiger partial charge is 0.310 e. The minimum absolute atomic E-state index is 0.552. The Morgan fingerprint density at radius 1 is 1.45 bits per heavy atom. The molecule has 0 amide bonds. The van der Waals surface area contributed by atoms with Gasteiger partial charge in [-0.1, -0.05) is 13.0 Å². The number of carbonyl (C=O) groups is 1. The molecule has 1 fully saturated rings. The highest BCUT2D eigenvalue weighted by Crippen LogP contribution is 2.36. The van der Waals surface area contributed by atoms with E-state index in [4.69, 9.17) is 4.42 Å². The van der Waals surface area contributed by atoms with Crippen LogP contribution >= 0.6 is 0 Å². The average molecular weight is 277 g/mol. The summed E-state index contributed by atoms with van der Waals surface area (Å²) in [6, 6.07) is 4.03. The molecule has 0 spiro atoms. The minimum Gasteiger partial charge on any atom is -0.481 e. The summed E-state index contributed by atoms with van der Waals surface area (Å²) in [6.07, 6.45) is 4.54. The molecule has 2 rings (SSSR count). The lowest BCUT2D eigenvalue weighted by Gasteiger charge is -2.38. The Morgan fingerprint density at radius 2 is 2.10 bits per heavy atom. The van der Waals surface area contributed by atoms with Crippen molar-refractivity contribution in [2.75, 3.05) is 13.1 Å². The van der Waals surface area contributed by atoms with E-state index in [0.717, 1.165) is 37.6 Å². The van der Waals surface area contributed by atoms with Gasteiger partial charge in [0.15, 0.2) is 0 Å². The molecule has 1 aromatic rings. The first kappa shape index (κ1) is 14.9. The largest absolute Gasteiger partial charge is 0.481 e. The van der Waals surface area contributed by atoms with Crippen LogP contribution < -0.4 is 0 Å². The number of carboxylic acid groups (broad SMARTS) is 1. The Bertz CT molecular complexity index is 470. The summed E-state index contributed by atoms with van der Waals surface area (Å²) in [5.74, 6) is 1.28. The number of allylic oxidation sites excluding steroid dienone is 1. The fourth-order valence-corrected chi connectivity index (χ4v) is 2.84. The second-order valence-electron chi connectivity index (χ2n) is 5.58. The molecule has 1 N–H and O–H groups in total. The topological polar surface area (TPSA) is 53.7 Å². The van der Waals surface area contributed by atoms with E-state index in [-0.39, 0.29) is 0 Å². The van der Waals surface area contributed by atoms with E-state index in [2.05, 4.69) is 18.4 Å². The minimum atomic E-state index is -0.691. The van der Waals surface area contributed by atoms with Crippen molar-refractivity contribution in [1.82, 2.24) is 4.90 Å². The first-order valence-electron chi connectivity index (χ1n) is 7.24. The van der Waals surface area contributed by atoms with Crippen molar-refractivity contribution in [2.24, 2.45) is 5.41 Å². The zero-order valence-corrected chi connectivity index (χ0v) is 12.1. The van der Waals surface area contributed by atoms with Crippen LogP contribution in [0.2, 0.25) is 0 Å². The number of aryl methyl sites for hydroxylation is 1. The Hall–Kier alpha value is -1.55. The highest BCUT2D eigenvalue weighted by Gasteiger charge is 2.40. The van der Waals surface area contributed by atoms with E-state index in [0.29, 0.717) is 19.3 Å². The van der Waals surface area contributed by atoms with E-state index < -0.39 is 11.4 Å². The van der Waals surface area contributed by atoms with Crippen molar-refractivity contribution in [3.8, 4) is 0 Å². The first-order valence-corrected chi connectivity index (χ1v) is 7.24. The van der Waals surface area contributed by atoms with Crippen molar-refractivity contribution in [3.63, 3.8) is 0 Å². The summed E-state index contributed by atoms with van der Waals surface area (Å²) in [7, 11) is 0. The summed E-state index contributed by atoms with van der Waals surface area (Å²) in [5.41, 5.74) is -0.615. The van der Waals surface area contributed by atoms with Gasteiger partial charge in [-0.15, -0.1) is 6.58 Å². The third-order valence-corrected chi connectivity index (χ3v) is 4.25. The Morgan fingerprint density at radius 3 is 2.60 bits per heavy atom. The number of hydrogen-bond donors (Lipinski definition) is 1. The number of rotatable bonds is 6. The quantitative estimate of drug-likeness (QED) is 0.812. The first-order chi connectivity index (χ1) is 9.59. The lowest BCUT2D eigenvalue weighted by atomic mass is 9.76. The highest BCUT2D eigenvalue weighted by molar-refractivity contribution is 5.75. The number of piperidine rings is 1. The van der Waals surface area contributed by atoms with Gasteiger partial charge in [-0.3, -0.25) is 9.69 Å². The number of furan rings is 1. The fourth-order valence-electron chi connectivity index (χ4n) is 2.84. The molecule has 20 heavy (non-hydrogen) atoms. The Balaban J connectivity index is 1.93. The average Bonchev–Trinajstić information content (AvgIpc) is 2.89. The van der Waals surface area contributed by atoms with Gasteiger partial charge in [-0.2, -0.15) is 0 Å². The SMILES string of the molecule is C=CCC1(C(=O)O)CCN(Cc2ccc(CC)o2)CC1. The van der Waals surface area contributed by atoms with Crippen molar-refractivity contribution in [1.29, 1.82) is 0 Å². The van der Waals surface area contributed by atoms with Crippen LogP contribution in [0.15, 0.2) is 29.2 Å². The summed E-state index contributed by atoms with van der Waals surface area (Å²) in [6.45, 7) is 8.11. The molecule has 0 unspecified atom stereocenters. The molecular weight excluding hydrogens is 254 g/mol. The van der Waals surface area contributed by atoms with Crippen molar-refractivity contribution < 1.29 is 14.3 Å². The molecule has 2 heterocycles. The monoisotopic (exact) mass is 277 g/mol. The van der Waals surface area contributed by atoms with Gasteiger partial charge in [0, 0.05) is 6.42 Å². The van der Waals surface area contributed by atoms with E-state index >= 15 is 0 Å². The Labute approximate surface area is 120 Å². The van der Waals surface area contributed by atoms with E-state index in [1.165, 1.54) is 0 Å². The number of aliphatic carboxylic acids is 1. The third kappa shape index (κ3) is 3.12. The second kappa shape index (κ2) is 6.27. The molecule has 1 saturated heterocycles. The number of carboxylic acids is 1. The van der Waals surface area contributed by atoms with E-state index in [1.807, 2.05) is 12.1 Å². The van der Waals surface area contributed by atoms with Gasteiger partial charge in [0.2, 0.25) is 0 Å². The zero-order chi connectivity index (χ0) is 14.6.